The summed E-state index contributed by atoms with van der Waals surface area (Å²) in [6, 6.07) is 0. The topological polar surface area (TPSA) is 377 Å². The van der Waals surface area contributed by atoms with Crippen molar-refractivity contribution in [3.05, 3.63) is 11.6 Å². The minimum atomic E-state index is -1.91. The Kier molecular flexibility index (Phi) is 18.9. The van der Waals surface area contributed by atoms with E-state index in [1.165, 1.54) is 5.57 Å². The van der Waals surface area contributed by atoms with Gasteiger partial charge in [-0.1, -0.05) is 53.2 Å². The van der Waals surface area contributed by atoms with Crippen LogP contribution in [-0.4, -0.2) is 244 Å². The van der Waals surface area contributed by atoms with E-state index in [9.17, 15) is 76.6 Å². The molecule has 0 radical (unpaired) electrons. The quantitative estimate of drug-likeness (QED) is 0.0687. The van der Waals surface area contributed by atoms with Crippen molar-refractivity contribution >= 4 is 0 Å². The fraction of sp³-hybridized carbons (Fsp3) is 0.963. The average molecular weight is 1110 g/mol. The minimum Gasteiger partial charge on any atom is -0.394 e. The first kappa shape index (κ1) is 61.9. The first-order chi connectivity index (χ1) is 36.0. The molecular formula is C54H92O23. The van der Waals surface area contributed by atoms with Crippen molar-refractivity contribution in [2.75, 3.05) is 26.4 Å². The Balaban J connectivity index is 0.973. The summed E-state index contributed by atoms with van der Waals surface area (Å²) in [5.74, 6) is 1.07. The van der Waals surface area contributed by atoms with Crippen molar-refractivity contribution in [2.45, 2.75) is 254 Å². The molecule has 8 rings (SSSR count). The lowest BCUT2D eigenvalue weighted by molar-refractivity contribution is -0.380. The maximum Gasteiger partial charge on any atom is 0.187 e. The molecule has 23 nitrogen and oxygen atoms in total. The lowest BCUT2D eigenvalue weighted by Gasteiger charge is -2.66. The standard InChI is InChI=1S/C54H92O23/c1-23(24-15-16-54(8)31-12-10-25-26(52(31,6)17-18-53(24,54)7)11-14-32(50(25,2)3)75-47-43(67)39(63)35(59)28(20-56)72-47)9-13-33(51(4,5)69)76-49-45(77-48-44(68)40(64)36(60)29(21-57)73-48)41(65)37(61)30(74-49)22-70-46-42(66)38(62)34(58)27(19-55)71-46/h10,23-24,26-49,55-69H,9,11-22H2,1-8H3/t23-,24?,26?,27-,28-,29-,30-,31?,32+,33-,34-,35-,36-,37-,38+,39+,40+,41+,42-,43-,44-,45-,46-,47+,48+,49+,52+,53-,54+/m1/s1. The largest absolute Gasteiger partial charge is 0.394 e. The van der Waals surface area contributed by atoms with Gasteiger partial charge in [0.25, 0.3) is 0 Å². The molecule has 4 saturated heterocycles. The van der Waals surface area contributed by atoms with Crippen LogP contribution in [0.5, 0.6) is 0 Å². The van der Waals surface area contributed by atoms with Crippen molar-refractivity contribution < 1.29 is 114 Å². The lowest BCUT2D eigenvalue weighted by atomic mass is 9.39. The molecule has 0 aromatic rings. The lowest BCUT2D eigenvalue weighted by Crippen LogP contribution is -2.65. The second-order valence-corrected chi connectivity index (χ2v) is 25.8. The summed E-state index contributed by atoms with van der Waals surface area (Å²) in [4.78, 5) is 0. The van der Waals surface area contributed by atoms with Crippen LogP contribution < -0.4 is 0 Å². The predicted molar refractivity (Wildman–Crippen MR) is 266 cm³/mol. The van der Waals surface area contributed by atoms with Crippen LogP contribution in [0, 0.1) is 45.3 Å². The van der Waals surface area contributed by atoms with E-state index < -0.39 is 166 Å². The fourth-order valence-corrected chi connectivity index (χ4v) is 15.6. The molecule has 446 valence electrons. The van der Waals surface area contributed by atoms with E-state index >= 15 is 0 Å². The summed E-state index contributed by atoms with van der Waals surface area (Å²) < 4.78 is 47.9. The average Bonchev–Trinajstić information content (AvgIpc) is 3.69. The Morgan fingerprint density at radius 1 is 0.571 bits per heavy atom. The van der Waals surface area contributed by atoms with Gasteiger partial charge in [0.15, 0.2) is 25.2 Å². The highest BCUT2D eigenvalue weighted by molar-refractivity contribution is 5.30. The molecule has 0 aromatic heterocycles. The normalized spacial score (nSPS) is 51.0. The molecule has 0 spiro atoms. The summed E-state index contributed by atoms with van der Waals surface area (Å²) in [5.41, 5.74) is -0.793. The highest BCUT2D eigenvalue weighted by atomic mass is 16.8. The highest BCUT2D eigenvalue weighted by Gasteiger charge is 2.68. The third-order valence-corrected chi connectivity index (χ3v) is 20.7. The van der Waals surface area contributed by atoms with Gasteiger partial charge in [-0.2, -0.15) is 0 Å². The van der Waals surface area contributed by atoms with E-state index in [1.54, 1.807) is 13.8 Å². The van der Waals surface area contributed by atoms with Crippen molar-refractivity contribution in [1.82, 2.24) is 0 Å². The van der Waals surface area contributed by atoms with Gasteiger partial charge in [0, 0.05) is 5.41 Å². The minimum absolute atomic E-state index is 0.0220. The number of rotatable bonds is 17. The van der Waals surface area contributed by atoms with Gasteiger partial charge >= 0.3 is 0 Å². The Morgan fingerprint density at radius 3 is 1.62 bits per heavy atom. The molecular weight excluding hydrogens is 1020 g/mol. The van der Waals surface area contributed by atoms with Crippen LogP contribution in [0.3, 0.4) is 0 Å². The molecule has 4 heterocycles. The van der Waals surface area contributed by atoms with Crippen molar-refractivity contribution in [3.8, 4) is 0 Å². The van der Waals surface area contributed by atoms with Gasteiger partial charge in [0.2, 0.25) is 0 Å². The van der Waals surface area contributed by atoms with Crippen LogP contribution in [0.2, 0.25) is 0 Å². The van der Waals surface area contributed by atoms with E-state index in [-0.39, 0.29) is 46.5 Å². The van der Waals surface area contributed by atoms with Crippen molar-refractivity contribution in [3.63, 3.8) is 0 Å². The SMILES string of the molecule is C[C@H](CC[C@@H](O[C@@H]1O[C@H](CO[C@@H]2O[C@H](CO)[C@@H](O)[C@H](O)[C@H]2O)[C@@H](O)[C@H](O)[C@H]1O[C@@H]1O[C@H](CO)[C@@H](O)[C@H](O)[C@H]1O)C(C)(C)O)C1CC[C@@]2(C)C3CC=C4C(CC[C@H](O[C@@H]5O[C@H](CO)[C@@H](O)[C@H](O)[C@H]5O)C4(C)C)[C@]3(C)CC[C@]12C. The molecule has 3 unspecified atom stereocenters. The van der Waals surface area contributed by atoms with Gasteiger partial charge in [0.05, 0.1) is 44.2 Å². The van der Waals surface area contributed by atoms with Crippen LogP contribution in [0.4, 0.5) is 0 Å². The molecule has 15 N–H and O–H groups in total. The van der Waals surface area contributed by atoms with E-state index in [4.69, 9.17) is 37.9 Å². The van der Waals surface area contributed by atoms with Crippen LogP contribution in [-0.2, 0) is 37.9 Å². The molecule has 4 aliphatic carbocycles. The number of hydrogen-bond donors (Lipinski definition) is 15. The van der Waals surface area contributed by atoms with Crippen LogP contribution in [0.1, 0.15) is 113 Å². The number of allylic oxidation sites excluding steroid dienone is 1. The summed E-state index contributed by atoms with van der Waals surface area (Å²) >= 11 is 0. The van der Waals surface area contributed by atoms with Crippen molar-refractivity contribution in [1.29, 1.82) is 0 Å². The Hall–Kier alpha value is -1.18. The third kappa shape index (κ3) is 11.1. The molecule has 7 fully saturated rings. The Morgan fingerprint density at radius 2 is 1.08 bits per heavy atom. The van der Waals surface area contributed by atoms with Gasteiger partial charge < -0.3 is 114 Å². The summed E-state index contributed by atoms with van der Waals surface area (Å²) in [6.07, 6.45) is -23.9. The summed E-state index contributed by atoms with van der Waals surface area (Å²) in [5, 5.41) is 159. The monoisotopic (exact) mass is 1110 g/mol. The van der Waals surface area contributed by atoms with Gasteiger partial charge in [-0.25, -0.2) is 0 Å². The smallest absolute Gasteiger partial charge is 0.187 e. The number of hydrogen-bond acceptors (Lipinski definition) is 23. The number of aliphatic hydroxyl groups is 15. The van der Waals surface area contributed by atoms with Gasteiger partial charge in [-0.3, -0.25) is 0 Å². The molecule has 4 aliphatic heterocycles. The van der Waals surface area contributed by atoms with E-state index in [0.29, 0.717) is 18.8 Å². The maximum atomic E-state index is 11.8. The number of ether oxygens (including phenoxy) is 8. The zero-order valence-corrected chi connectivity index (χ0v) is 45.8. The first-order valence-electron chi connectivity index (χ1n) is 27.9. The van der Waals surface area contributed by atoms with Gasteiger partial charge in [0.1, 0.15) is 97.7 Å². The molecule has 23 heteroatoms. The number of aliphatic hydroxyl groups excluding tert-OH is 14. The zero-order valence-electron chi connectivity index (χ0n) is 45.8. The van der Waals surface area contributed by atoms with E-state index in [1.807, 2.05) is 0 Å². The first-order valence-corrected chi connectivity index (χ1v) is 27.9. The third-order valence-electron chi connectivity index (χ3n) is 20.7. The molecule has 3 saturated carbocycles. The maximum absolute atomic E-state index is 11.8. The molecule has 77 heavy (non-hydrogen) atoms. The zero-order chi connectivity index (χ0) is 56.6. The molecule has 0 bridgehead atoms. The van der Waals surface area contributed by atoms with Gasteiger partial charge in [-0.15, -0.1) is 0 Å². The second kappa shape index (κ2) is 23.5. The van der Waals surface area contributed by atoms with Crippen LogP contribution in [0.15, 0.2) is 11.6 Å². The van der Waals surface area contributed by atoms with E-state index in [0.717, 1.165) is 38.5 Å². The van der Waals surface area contributed by atoms with Gasteiger partial charge in [-0.05, 0) is 112 Å². The highest BCUT2D eigenvalue weighted by Crippen LogP contribution is 2.75. The Labute approximate surface area is 450 Å². The van der Waals surface area contributed by atoms with Crippen LogP contribution >= 0.6 is 0 Å². The fourth-order valence-electron chi connectivity index (χ4n) is 15.6. The summed E-state index contributed by atoms with van der Waals surface area (Å²) in [7, 11) is 0. The Bertz CT molecular complexity index is 1990. The molecule has 0 amide bonds. The summed E-state index contributed by atoms with van der Waals surface area (Å²) in [6.45, 7) is 14.4. The molecule has 29 atom stereocenters. The second-order valence-electron chi connectivity index (χ2n) is 25.8. The molecule has 0 aromatic carbocycles. The van der Waals surface area contributed by atoms with Crippen LogP contribution in [0.25, 0.3) is 0 Å². The van der Waals surface area contributed by atoms with E-state index in [2.05, 4.69) is 47.6 Å². The molecule has 8 aliphatic rings. The number of fused-ring (bicyclic) bond motifs is 5. The van der Waals surface area contributed by atoms with Crippen molar-refractivity contribution in [2.24, 2.45) is 45.3 Å². The predicted octanol–water partition coefficient (Wildman–Crippen LogP) is -2.20.